The highest BCUT2D eigenvalue weighted by atomic mass is 19.4. The Labute approximate surface area is 68.9 Å². The van der Waals surface area contributed by atoms with Crippen LogP contribution >= 0.6 is 0 Å². The van der Waals surface area contributed by atoms with E-state index < -0.39 is 18.0 Å². The zero-order valence-corrected chi connectivity index (χ0v) is 6.77. The molecule has 0 aromatic carbocycles. The molecule has 3 unspecified atom stereocenters. The third-order valence-corrected chi connectivity index (χ3v) is 2.35. The minimum atomic E-state index is -4.17. The van der Waals surface area contributed by atoms with E-state index in [9.17, 15) is 13.2 Å². The van der Waals surface area contributed by atoms with Crippen molar-refractivity contribution >= 4 is 0 Å². The molecule has 1 aliphatic heterocycles. The van der Waals surface area contributed by atoms with Gasteiger partial charge in [-0.25, -0.2) is 0 Å². The van der Waals surface area contributed by atoms with Crippen LogP contribution in [0.2, 0.25) is 0 Å². The van der Waals surface area contributed by atoms with Gasteiger partial charge in [0, 0.05) is 5.92 Å². The van der Waals surface area contributed by atoms with E-state index in [-0.39, 0.29) is 19.3 Å². The van der Waals surface area contributed by atoms with Crippen LogP contribution in [0, 0.1) is 11.8 Å². The molecule has 0 aromatic rings. The molecule has 1 saturated heterocycles. The summed E-state index contributed by atoms with van der Waals surface area (Å²) >= 11 is 0. The Hall–Kier alpha value is -0.290. The highest BCUT2D eigenvalue weighted by Gasteiger charge is 2.49. The molecule has 2 N–H and O–H groups in total. The van der Waals surface area contributed by atoms with Gasteiger partial charge >= 0.3 is 6.18 Å². The molecule has 0 aromatic heterocycles. The molecule has 5 heteroatoms. The van der Waals surface area contributed by atoms with Crippen LogP contribution < -0.4 is 5.73 Å². The highest BCUT2D eigenvalue weighted by molar-refractivity contribution is 4.86. The van der Waals surface area contributed by atoms with E-state index in [0.717, 1.165) is 0 Å². The van der Waals surface area contributed by atoms with Gasteiger partial charge in [0.1, 0.15) is 0 Å². The molecule has 1 fully saturated rings. The molecule has 0 aliphatic carbocycles. The van der Waals surface area contributed by atoms with Gasteiger partial charge in [0.25, 0.3) is 0 Å². The summed E-state index contributed by atoms with van der Waals surface area (Å²) in [5.41, 5.74) is 5.23. The van der Waals surface area contributed by atoms with Crippen LogP contribution in [0.1, 0.15) is 6.92 Å². The summed E-state index contributed by atoms with van der Waals surface area (Å²) in [6, 6.07) is 0. The Morgan fingerprint density at radius 1 is 1.50 bits per heavy atom. The Kier molecular flexibility index (Phi) is 2.63. The molecule has 0 radical (unpaired) electrons. The summed E-state index contributed by atoms with van der Waals surface area (Å²) in [6.07, 6.45) is -4.55. The highest BCUT2D eigenvalue weighted by Crippen LogP contribution is 2.38. The number of nitrogens with two attached hydrogens (primary N) is 1. The maximum absolute atomic E-state index is 12.2. The maximum Gasteiger partial charge on any atom is 0.394 e. The molecule has 0 amide bonds. The van der Waals surface area contributed by atoms with E-state index in [4.69, 9.17) is 10.5 Å². The predicted octanol–water partition coefficient (Wildman–Crippen LogP) is 1.16. The second-order valence-electron chi connectivity index (χ2n) is 3.09. The summed E-state index contributed by atoms with van der Waals surface area (Å²) in [5.74, 6) is -1.96. The number of rotatable bonds is 1. The van der Waals surface area contributed by atoms with Gasteiger partial charge in [-0.2, -0.15) is 13.2 Å². The van der Waals surface area contributed by atoms with E-state index in [0.29, 0.717) is 0 Å². The van der Waals surface area contributed by atoms with Crippen LogP contribution in [0.15, 0.2) is 0 Å². The van der Waals surface area contributed by atoms with E-state index in [2.05, 4.69) is 0 Å². The fourth-order valence-corrected chi connectivity index (χ4v) is 1.52. The third kappa shape index (κ3) is 1.72. The maximum atomic E-state index is 12.2. The van der Waals surface area contributed by atoms with Crippen molar-refractivity contribution in [2.75, 3.05) is 13.2 Å². The van der Waals surface area contributed by atoms with Gasteiger partial charge in [0.2, 0.25) is 0 Å². The van der Waals surface area contributed by atoms with Crippen molar-refractivity contribution in [3.8, 4) is 0 Å². The van der Waals surface area contributed by atoms with Crippen LogP contribution in [-0.4, -0.2) is 25.4 Å². The molecule has 0 spiro atoms. The van der Waals surface area contributed by atoms with E-state index in [1.165, 1.54) is 0 Å². The van der Waals surface area contributed by atoms with E-state index in [1.807, 2.05) is 0 Å². The third-order valence-electron chi connectivity index (χ3n) is 2.35. The van der Waals surface area contributed by atoms with Crippen molar-refractivity contribution in [3.63, 3.8) is 0 Å². The van der Waals surface area contributed by atoms with Gasteiger partial charge in [0.15, 0.2) is 0 Å². The second-order valence-corrected chi connectivity index (χ2v) is 3.09. The average molecular weight is 183 g/mol. The van der Waals surface area contributed by atoms with Gasteiger partial charge in [-0.05, 0) is 13.5 Å². The predicted molar refractivity (Wildman–Crippen MR) is 37.5 cm³/mol. The molecule has 1 rings (SSSR count). The molecule has 2 nitrogen and oxygen atoms in total. The van der Waals surface area contributed by atoms with Crippen molar-refractivity contribution in [1.82, 2.24) is 0 Å². The van der Waals surface area contributed by atoms with Crippen LogP contribution in [0.5, 0.6) is 0 Å². The molecule has 1 aliphatic rings. The SMILES string of the molecule is CC1OCC(C(F)(F)F)C1CN. The molecule has 1 heterocycles. The fourth-order valence-electron chi connectivity index (χ4n) is 1.52. The quantitative estimate of drug-likeness (QED) is 0.662. The Balaban J connectivity index is 2.67. The van der Waals surface area contributed by atoms with Crippen LogP contribution in [-0.2, 0) is 4.74 Å². The van der Waals surface area contributed by atoms with Crippen molar-refractivity contribution in [1.29, 1.82) is 0 Å². The van der Waals surface area contributed by atoms with Crippen molar-refractivity contribution in [2.45, 2.75) is 19.2 Å². The molecule has 0 saturated carbocycles. The number of hydrogen-bond donors (Lipinski definition) is 1. The van der Waals surface area contributed by atoms with Crippen molar-refractivity contribution in [3.05, 3.63) is 0 Å². The van der Waals surface area contributed by atoms with Crippen molar-refractivity contribution < 1.29 is 17.9 Å². The first-order chi connectivity index (χ1) is 5.46. The lowest BCUT2D eigenvalue weighted by Crippen LogP contribution is -2.35. The van der Waals surface area contributed by atoms with E-state index >= 15 is 0 Å². The normalized spacial score (nSPS) is 37.2. The lowest BCUT2D eigenvalue weighted by Gasteiger charge is -2.20. The fraction of sp³-hybridized carbons (Fsp3) is 1.00. The minimum absolute atomic E-state index is 0.0331. The number of halogens is 3. The second kappa shape index (κ2) is 3.22. The zero-order valence-electron chi connectivity index (χ0n) is 6.77. The zero-order chi connectivity index (χ0) is 9.35. The Morgan fingerprint density at radius 2 is 2.08 bits per heavy atom. The minimum Gasteiger partial charge on any atom is -0.377 e. The first-order valence-corrected chi connectivity index (χ1v) is 3.85. The summed E-state index contributed by atoms with van der Waals surface area (Å²) in [5, 5.41) is 0. The van der Waals surface area contributed by atoms with Gasteiger partial charge < -0.3 is 10.5 Å². The van der Waals surface area contributed by atoms with Crippen LogP contribution in [0.25, 0.3) is 0 Å². The Bertz CT molecular complexity index is 159. The van der Waals surface area contributed by atoms with Crippen molar-refractivity contribution in [2.24, 2.45) is 17.6 Å². The molecule has 3 atom stereocenters. The lowest BCUT2D eigenvalue weighted by atomic mass is 9.91. The monoisotopic (exact) mass is 183 g/mol. The summed E-state index contributed by atoms with van der Waals surface area (Å²) in [6.45, 7) is 1.42. The van der Waals surface area contributed by atoms with Crippen LogP contribution in [0.3, 0.4) is 0 Å². The molecule has 72 valence electrons. The van der Waals surface area contributed by atoms with E-state index in [1.54, 1.807) is 6.92 Å². The van der Waals surface area contributed by atoms with Gasteiger partial charge in [0.05, 0.1) is 18.6 Å². The summed E-state index contributed by atoms with van der Waals surface area (Å²) in [4.78, 5) is 0. The molecule has 0 bridgehead atoms. The first kappa shape index (κ1) is 9.80. The van der Waals surface area contributed by atoms with Gasteiger partial charge in [-0.3, -0.25) is 0 Å². The molecule has 12 heavy (non-hydrogen) atoms. The number of ether oxygens (including phenoxy) is 1. The molecular formula is C7H12F3NO. The standard InChI is InChI=1S/C7H12F3NO/c1-4-5(2-11)6(3-12-4)7(8,9)10/h4-6H,2-3,11H2,1H3. The summed E-state index contributed by atoms with van der Waals surface area (Å²) < 4.78 is 41.6. The smallest absolute Gasteiger partial charge is 0.377 e. The summed E-state index contributed by atoms with van der Waals surface area (Å²) in [7, 11) is 0. The molecular weight excluding hydrogens is 171 g/mol. The van der Waals surface area contributed by atoms with Crippen LogP contribution in [0.4, 0.5) is 13.2 Å². The largest absolute Gasteiger partial charge is 0.394 e. The average Bonchev–Trinajstić information content (AvgIpc) is 2.29. The topological polar surface area (TPSA) is 35.2 Å². The Morgan fingerprint density at radius 3 is 2.42 bits per heavy atom. The lowest BCUT2D eigenvalue weighted by molar-refractivity contribution is -0.181. The number of alkyl halides is 3. The van der Waals surface area contributed by atoms with Gasteiger partial charge in [-0.1, -0.05) is 0 Å². The van der Waals surface area contributed by atoms with Gasteiger partial charge in [-0.15, -0.1) is 0 Å². The number of hydrogen-bond acceptors (Lipinski definition) is 2. The first-order valence-electron chi connectivity index (χ1n) is 3.85.